The van der Waals surface area contributed by atoms with Crippen molar-refractivity contribution in [3.63, 3.8) is 0 Å². The maximum atomic E-state index is 13.6. The molecule has 0 fully saturated rings. The van der Waals surface area contributed by atoms with Crippen LogP contribution in [0.25, 0.3) is 0 Å². The van der Waals surface area contributed by atoms with E-state index in [1.54, 1.807) is 13.8 Å². The number of primary amides is 2. The molecular weight excluding hydrogens is 1020 g/mol. The van der Waals surface area contributed by atoms with E-state index in [4.69, 9.17) is 28.7 Å². The fourth-order valence-corrected chi connectivity index (χ4v) is 6.89. The number of rotatable bonds is 38. The molecular formula is C45H77N15O17. The minimum absolute atomic E-state index is 0.00539. The number of aliphatic imine (C=N–C) groups is 1. The number of hydrogen-bond donors (Lipinski definition) is 17. The summed E-state index contributed by atoms with van der Waals surface area (Å²) in [5.41, 5.74) is 27.2. The number of carboxylic acid groups (broad SMARTS) is 3. The zero-order chi connectivity index (χ0) is 59.3. The van der Waals surface area contributed by atoms with Crippen LogP contribution in [0, 0.1) is 17.8 Å². The molecule has 0 spiro atoms. The van der Waals surface area contributed by atoms with Crippen molar-refractivity contribution in [1.29, 1.82) is 0 Å². The summed E-state index contributed by atoms with van der Waals surface area (Å²) in [6, 6.07) is -12.1. The quantitative estimate of drug-likeness (QED) is 0.0155. The number of amides is 11. The van der Waals surface area contributed by atoms with Crippen LogP contribution in [0.2, 0.25) is 0 Å². The van der Waals surface area contributed by atoms with Gasteiger partial charge in [-0.05, 0) is 49.9 Å². The van der Waals surface area contributed by atoms with Gasteiger partial charge in [0.25, 0.3) is 0 Å². The summed E-state index contributed by atoms with van der Waals surface area (Å²) in [7, 11) is 0. The number of hydrogen-bond acceptors (Lipinski definition) is 16. The molecule has 0 aliphatic rings. The Balaban J connectivity index is 6.20. The Morgan fingerprint density at radius 1 is 0.494 bits per heavy atom. The lowest BCUT2D eigenvalue weighted by Gasteiger charge is -2.28. The van der Waals surface area contributed by atoms with Gasteiger partial charge in [-0.25, -0.2) is 4.79 Å². The normalized spacial score (nSPS) is 14.4. The predicted octanol–water partition coefficient (Wildman–Crippen LogP) is -6.69. The van der Waals surface area contributed by atoms with E-state index in [0.717, 1.165) is 0 Å². The van der Waals surface area contributed by atoms with E-state index in [1.807, 2.05) is 13.8 Å². The van der Waals surface area contributed by atoms with E-state index in [9.17, 15) is 82.4 Å². The molecule has 32 heteroatoms. The summed E-state index contributed by atoms with van der Waals surface area (Å²) < 4.78 is 0. The number of nitrogens with one attached hydrogen (secondary N) is 9. The SMILES string of the molecule is CC[C@H](C)[C@H](NC(=O)CNC(=O)[C@H](CCC(=O)O)NC(=O)CNC(=O)[C@H](CCC(=O)O)NC(=O)[C@H](CC(N)=O)NC(=O)[C@H](CCCN=C(N)N)NC(=O)[C@@H](N)CC(C)C)C(=O)N[C@H](C(=O)N[C@@H](CC(N)=O)C(=O)O)C(C)C. The molecule has 0 aromatic rings. The van der Waals surface area contributed by atoms with E-state index < -0.39 is 195 Å². The zero-order valence-corrected chi connectivity index (χ0v) is 43.9. The van der Waals surface area contributed by atoms with Gasteiger partial charge >= 0.3 is 17.9 Å². The molecule has 9 atom stereocenters. The van der Waals surface area contributed by atoms with Gasteiger partial charge in [0.05, 0.1) is 32.0 Å². The molecule has 0 aromatic heterocycles. The highest BCUT2D eigenvalue weighted by Gasteiger charge is 2.35. The second kappa shape index (κ2) is 35.1. The highest BCUT2D eigenvalue weighted by atomic mass is 16.4. The number of nitrogens with two attached hydrogens (primary N) is 5. The second-order valence-electron chi connectivity index (χ2n) is 18.7. The molecule has 32 nitrogen and oxygen atoms in total. The Kier molecular flexibility index (Phi) is 31.4. The molecule has 0 aromatic carbocycles. The Labute approximate surface area is 443 Å². The Hall–Kier alpha value is -8.19. The lowest BCUT2D eigenvalue weighted by molar-refractivity contribution is -0.144. The molecule has 0 unspecified atom stereocenters. The van der Waals surface area contributed by atoms with Crippen LogP contribution >= 0.6 is 0 Å². The van der Waals surface area contributed by atoms with Crippen molar-refractivity contribution in [3.8, 4) is 0 Å². The zero-order valence-electron chi connectivity index (χ0n) is 43.9. The smallest absolute Gasteiger partial charge is 0.326 e. The topological polar surface area (TPSA) is 550 Å². The third kappa shape index (κ3) is 28.9. The first-order valence-electron chi connectivity index (χ1n) is 24.5. The van der Waals surface area contributed by atoms with Gasteiger partial charge in [-0.3, -0.25) is 67.3 Å². The Bertz CT molecular complexity index is 2150. The molecule has 434 valence electrons. The van der Waals surface area contributed by atoms with Crippen molar-refractivity contribution in [2.75, 3.05) is 19.6 Å². The predicted molar refractivity (Wildman–Crippen MR) is 270 cm³/mol. The van der Waals surface area contributed by atoms with Gasteiger partial charge in [0.15, 0.2) is 5.96 Å². The lowest BCUT2D eigenvalue weighted by Crippen LogP contribution is -2.59. The first-order chi connectivity index (χ1) is 35.8. The van der Waals surface area contributed by atoms with Crippen LogP contribution in [0.4, 0.5) is 0 Å². The summed E-state index contributed by atoms with van der Waals surface area (Å²) >= 11 is 0. The molecule has 0 saturated heterocycles. The summed E-state index contributed by atoms with van der Waals surface area (Å²) in [6.07, 6.45) is -3.64. The van der Waals surface area contributed by atoms with Crippen LogP contribution in [-0.4, -0.2) is 172 Å². The lowest BCUT2D eigenvalue weighted by atomic mass is 9.96. The van der Waals surface area contributed by atoms with Crippen LogP contribution < -0.4 is 76.5 Å². The first-order valence-corrected chi connectivity index (χ1v) is 24.5. The molecule has 0 saturated carbocycles. The van der Waals surface area contributed by atoms with Crippen molar-refractivity contribution in [2.45, 2.75) is 154 Å². The van der Waals surface area contributed by atoms with Gasteiger partial charge in [0, 0.05) is 19.4 Å². The fraction of sp³-hybridized carbons (Fsp3) is 0.667. The third-order valence-electron chi connectivity index (χ3n) is 11.2. The van der Waals surface area contributed by atoms with Crippen LogP contribution in [-0.2, 0) is 67.1 Å². The van der Waals surface area contributed by atoms with E-state index in [1.165, 1.54) is 13.8 Å². The van der Waals surface area contributed by atoms with Crippen molar-refractivity contribution in [2.24, 2.45) is 51.4 Å². The molecule has 22 N–H and O–H groups in total. The average molecular weight is 1100 g/mol. The van der Waals surface area contributed by atoms with Gasteiger partial charge in [0.2, 0.25) is 65.0 Å². The Morgan fingerprint density at radius 3 is 1.38 bits per heavy atom. The van der Waals surface area contributed by atoms with E-state index in [0.29, 0.717) is 6.42 Å². The highest BCUT2D eigenvalue weighted by molar-refractivity contribution is 5.99. The fourth-order valence-electron chi connectivity index (χ4n) is 6.89. The molecule has 0 radical (unpaired) electrons. The number of carbonyl (C=O) groups is 14. The number of carboxylic acids is 3. The molecule has 77 heavy (non-hydrogen) atoms. The molecule has 0 heterocycles. The molecule has 0 rings (SSSR count). The van der Waals surface area contributed by atoms with E-state index in [2.05, 4.69) is 52.8 Å². The maximum Gasteiger partial charge on any atom is 0.326 e. The van der Waals surface area contributed by atoms with Gasteiger partial charge in [-0.15, -0.1) is 0 Å². The molecule has 0 aliphatic heterocycles. The molecule has 0 bridgehead atoms. The summed E-state index contributed by atoms with van der Waals surface area (Å²) in [5, 5.41) is 48.7. The van der Waals surface area contributed by atoms with Gasteiger partial charge in [0.1, 0.15) is 42.3 Å². The van der Waals surface area contributed by atoms with Gasteiger partial charge in [-0.1, -0.05) is 48.0 Å². The van der Waals surface area contributed by atoms with Crippen LogP contribution in [0.1, 0.15) is 106 Å². The number of aliphatic carboxylic acids is 3. The standard InChI is InChI=1S/C45H77N15O17/c1-7-22(6)36(43(75)60-35(21(4)5)42(74)58-28(44(76)77)17-30(48)62)59-32(64)19-53-38(70)25(10-12-33(65)66)54-31(63)18-52-39(71)26(11-13-34(67)68)56-41(73)27(16-29(47)61)57-40(72)24(9-8-14-51-45(49)50)55-37(69)23(46)15-20(2)3/h20-28,35-36H,7-19,46H2,1-6H3,(H2,47,61)(H2,48,62)(H,52,71)(H,53,70)(H,54,63)(H,55,69)(H,56,73)(H,57,72)(H,58,74)(H,59,64)(H,60,75)(H,65,66)(H,67,68)(H,76,77)(H4,49,50,51)/t22-,23-,24-,25-,26-,27-,28-,35-,36-/m0/s1. The summed E-state index contributed by atoms with van der Waals surface area (Å²) in [5.74, 6) is -17.2. The van der Waals surface area contributed by atoms with Crippen LogP contribution in [0.3, 0.4) is 0 Å². The molecule has 11 amide bonds. The minimum atomic E-state index is -1.81. The summed E-state index contributed by atoms with van der Waals surface area (Å²) in [6.45, 7) is 8.14. The van der Waals surface area contributed by atoms with E-state index in [-0.39, 0.29) is 37.7 Å². The number of carbonyl (C=O) groups excluding carboxylic acids is 11. The average Bonchev–Trinajstić information content (AvgIpc) is 3.32. The second-order valence-corrected chi connectivity index (χ2v) is 18.7. The monoisotopic (exact) mass is 1100 g/mol. The number of nitrogens with zero attached hydrogens (tertiary/aromatic N) is 1. The van der Waals surface area contributed by atoms with Crippen LogP contribution in [0.15, 0.2) is 4.99 Å². The maximum absolute atomic E-state index is 13.6. The first kappa shape index (κ1) is 68.8. The third-order valence-corrected chi connectivity index (χ3v) is 11.2. The van der Waals surface area contributed by atoms with Crippen molar-refractivity contribution in [1.82, 2.24) is 47.9 Å². The van der Waals surface area contributed by atoms with Crippen LogP contribution in [0.5, 0.6) is 0 Å². The summed E-state index contributed by atoms with van der Waals surface area (Å²) in [4.78, 5) is 182. The molecule has 0 aliphatic carbocycles. The van der Waals surface area contributed by atoms with Gasteiger partial charge < -0.3 is 91.8 Å². The number of guanidine groups is 1. The van der Waals surface area contributed by atoms with Gasteiger partial charge in [-0.2, -0.15) is 0 Å². The van der Waals surface area contributed by atoms with Crippen molar-refractivity contribution >= 4 is 88.8 Å². The minimum Gasteiger partial charge on any atom is -0.481 e. The van der Waals surface area contributed by atoms with E-state index >= 15 is 0 Å². The van der Waals surface area contributed by atoms with Crippen molar-refractivity contribution in [3.05, 3.63) is 0 Å². The highest BCUT2D eigenvalue weighted by Crippen LogP contribution is 2.12. The van der Waals surface area contributed by atoms with Crippen molar-refractivity contribution < 1.29 is 82.4 Å². The Morgan fingerprint density at radius 2 is 0.922 bits per heavy atom. The largest absolute Gasteiger partial charge is 0.481 e.